The van der Waals surface area contributed by atoms with Crippen LogP contribution in [0.2, 0.25) is 0 Å². The molecule has 1 N–H and O–H groups in total. The van der Waals surface area contributed by atoms with Crippen molar-refractivity contribution in [1.82, 2.24) is 0 Å². The number of fused-ring (bicyclic) bond motifs is 5. The summed E-state index contributed by atoms with van der Waals surface area (Å²) in [5.41, 5.74) is 1.01. The van der Waals surface area contributed by atoms with Gasteiger partial charge in [0.25, 0.3) is 0 Å². The van der Waals surface area contributed by atoms with E-state index in [4.69, 9.17) is 4.74 Å². The van der Waals surface area contributed by atoms with E-state index in [0.717, 1.165) is 32.1 Å². The highest BCUT2D eigenvalue weighted by atomic mass is 16.5. The van der Waals surface area contributed by atoms with E-state index in [1.165, 1.54) is 5.57 Å². The van der Waals surface area contributed by atoms with E-state index in [1.54, 1.807) is 6.08 Å². The summed E-state index contributed by atoms with van der Waals surface area (Å²) >= 11 is 0. The number of ketones is 1. The van der Waals surface area contributed by atoms with Gasteiger partial charge in [-0.3, -0.25) is 9.59 Å². The molecule has 0 aromatic heterocycles. The molecule has 0 radical (unpaired) electrons. The zero-order valence-corrected chi connectivity index (χ0v) is 17.0. The van der Waals surface area contributed by atoms with Gasteiger partial charge >= 0.3 is 5.97 Å². The lowest BCUT2D eigenvalue weighted by molar-refractivity contribution is -0.161. The zero-order valence-electron chi connectivity index (χ0n) is 17.0. The maximum absolute atomic E-state index is 12.0. The zero-order chi connectivity index (χ0) is 19.6. The largest absolute Gasteiger partial charge is 0.504 e. The highest BCUT2D eigenvalue weighted by Crippen LogP contribution is 2.66. The average Bonchev–Trinajstić information content (AvgIpc) is 2.87. The highest BCUT2D eigenvalue weighted by molar-refractivity contribution is 6.04. The summed E-state index contributed by atoms with van der Waals surface area (Å²) in [6.45, 7) is 8.62. The highest BCUT2D eigenvalue weighted by Gasteiger charge is 2.61. The molecule has 4 aliphatic carbocycles. The fraction of sp³-hybridized carbons (Fsp3) is 0.739. The van der Waals surface area contributed by atoms with Crippen molar-refractivity contribution in [2.24, 2.45) is 34.5 Å². The second kappa shape index (κ2) is 6.22. The third kappa shape index (κ3) is 2.62. The number of hydrogen-bond donors (Lipinski definition) is 1. The quantitative estimate of drug-likeness (QED) is 0.711. The van der Waals surface area contributed by atoms with Crippen LogP contribution in [0.1, 0.15) is 66.2 Å². The molecule has 0 heterocycles. The first-order valence-corrected chi connectivity index (χ1v) is 10.6. The fourth-order valence-corrected chi connectivity index (χ4v) is 7.07. The number of aliphatic hydroxyl groups excluding tert-OH is 1. The monoisotopic (exact) mass is 372 g/mol. The SMILES string of the molecule is CCC(=O)O[C@@H]1[C@H](C)C[C@H]2[C@@H]3CCC4=CC(=O)C(O)=C[C@]4(C)[C@H]3CC[C@]12C. The second-order valence-corrected chi connectivity index (χ2v) is 9.78. The summed E-state index contributed by atoms with van der Waals surface area (Å²) in [7, 11) is 0. The Morgan fingerprint density at radius 3 is 2.74 bits per heavy atom. The van der Waals surface area contributed by atoms with E-state index < -0.39 is 0 Å². The Bertz CT molecular complexity index is 735. The molecule has 4 rings (SSSR count). The van der Waals surface area contributed by atoms with Crippen molar-refractivity contribution in [3.63, 3.8) is 0 Å². The molecule has 7 atom stereocenters. The lowest BCUT2D eigenvalue weighted by atomic mass is 9.48. The maximum Gasteiger partial charge on any atom is 0.305 e. The molecular formula is C23H32O4. The molecule has 4 aliphatic rings. The Hall–Kier alpha value is -1.58. The minimum Gasteiger partial charge on any atom is -0.504 e. The van der Waals surface area contributed by atoms with Gasteiger partial charge in [-0.2, -0.15) is 0 Å². The van der Waals surface area contributed by atoms with Gasteiger partial charge in [-0.05, 0) is 67.9 Å². The van der Waals surface area contributed by atoms with E-state index in [2.05, 4.69) is 20.8 Å². The molecule has 4 heteroatoms. The van der Waals surface area contributed by atoms with E-state index in [1.807, 2.05) is 13.0 Å². The Balaban J connectivity index is 1.65. The Morgan fingerprint density at radius 1 is 1.30 bits per heavy atom. The number of esters is 1. The molecule has 0 bridgehead atoms. The van der Waals surface area contributed by atoms with E-state index in [0.29, 0.717) is 30.1 Å². The number of allylic oxidation sites excluding steroid dienone is 3. The van der Waals surface area contributed by atoms with Crippen LogP contribution >= 0.6 is 0 Å². The predicted octanol–water partition coefficient (Wildman–Crippen LogP) is 4.75. The normalized spacial score (nSPS) is 45.9. The second-order valence-electron chi connectivity index (χ2n) is 9.78. The number of carbonyl (C=O) groups is 2. The van der Waals surface area contributed by atoms with Crippen molar-refractivity contribution in [2.75, 3.05) is 0 Å². The lowest BCUT2D eigenvalue weighted by Crippen LogP contribution is -2.51. The van der Waals surface area contributed by atoms with Crippen molar-refractivity contribution in [3.8, 4) is 0 Å². The van der Waals surface area contributed by atoms with Crippen LogP contribution in [0.15, 0.2) is 23.5 Å². The van der Waals surface area contributed by atoms with Crippen LogP contribution < -0.4 is 0 Å². The molecule has 0 unspecified atom stereocenters. The van der Waals surface area contributed by atoms with Crippen molar-refractivity contribution in [2.45, 2.75) is 72.3 Å². The van der Waals surface area contributed by atoms with Gasteiger partial charge in [-0.1, -0.05) is 33.3 Å². The Labute approximate surface area is 162 Å². The van der Waals surface area contributed by atoms with Crippen molar-refractivity contribution in [1.29, 1.82) is 0 Å². The smallest absolute Gasteiger partial charge is 0.305 e. The van der Waals surface area contributed by atoms with Crippen molar-refractivity contribution in [3.05, 3.63) is 23.5 Å². The maximum atomic E-state index is 12.0. The minimum atomic E-state index is -0.248. The fourth-order valence-electron chi connectivity index (χ4n) is 7.07. The van der Waals surface area contributed by atoms with Crippen LogP contribution in [0.25, 0.3) is 0 Å². The lowest BCUT2D eigenvalue weighted by Gasteiger charge is -2.56. The first-order chi connectivity index (χ1) is 12.7. The van der Waals surface area contributed by atoms with Gasteiger partial charge in [0, 0.05) is 17.3 Å². The molecule has 0 spiro atoms. The molecule has 4 nitrogen and oxygen atoms in total. The number of hydrogen-bond acceptors (Lipinski definition) is 4. The van der Waals surface area contributed by atoms with Gasteiger partial charge in [-0.15, -0.1) is 0 Å². The molecule has 0 amide bonds. The third-order valence-corrected chi connectivity index (χ3v) is 8.42. The van der Waals surface area contributed by atoms with Gasteiger partial charge in [-0.25, -0.2) is 0 Å². The Morgan fingerprint density at radius 2 is 2.04 bits per heavy atom. The standard InChI is InChI=1S/C23H32O4/c1-5-20(26)27-21-13(2)10-17-15-7-6-14-11-18(24)19(25)12-23(14,4)16(15)8-9-22(17,21)3/h11-13,15-17,21,25H,5-10H2,1-4H3/t13-,15-,16+,17+,21-,22+,23+/m1/s1. The number of ether oxygens (including phenoxy) is 1. The topological polar surface area (TPSA) is 63.6 Å². The summed E-state index contributed by atoms with van der Waals surface area (Å²) in [6.07, 6.45) is 9.16. The van der Waals surface area contributed by atoms with E-state index >= 15 is 0 Å². The van der Waals surface area contributed by atoms with Crippen LogP contribution in [-0.2, 0) is 14.3 Å². The number of rotatable bonds is 2. The average molecular weight is 373 g/mol. The minimum absolute atomic E-state index is 0.0116. The summed E-state index contributed by atoms with van der Waals surface area (Å²) < 4.78 is 5.94. The van der Waals surface area contributed by atoms with Gasteiger partial charge < -0.3 is 9.84 Å². The van der Waals surface area contributed by atoms with Gasteiger partial charge in [0.05, 0.1) is 0 Å². The van der Waals surface area contributed by atoms with Crippen LogP contribution in [0.4, 0.5) is 0 Å². The first-order valence-electron chi connectivity index (χ1n) is 10.6. The summed E-state index contributed by atoms with van der Waals surface area (Å²) in [5, 5.41) is 10.1. The molecule has 0 aromatic rings. The van der Waals surface area contributed by atoms with Gasteiger partial charge in [0.15, 0.2) is 5.76 Å². The molecule has 0 aromatic carbocycles. The van der Waals surface area contributed by atoms with E-state index in [-0.39, 0.29) is 34.4 Å². The molecular weight excluding hydrogens is 340 g/mol. The molecule has 148 valence electrons. The van der Waals surface area contributed by atoms with Crippen LogP contribution in [0, 0.1) is 34.5 Å². The van der Waals surface area contributed by atoms with Crippen molar-refractivity contribution < 1.29 is 19.4 Å². The van der Waals surface area contributed by atoms with Crippen LogP contribution in [-0.4, -0.2) is 23.0 Å². The molecule has 3 fully saturated rings. The molecule has 27 heavy (non-hydrogen) atoms. The predicted molar refractivity (Wildman–Crippen MR) is 103 cm³/mol. The van der Waals surface area contributed by atoms with Crippen molar-refractivity contribution >= 4 is 11.8 Å². The van der Waals surface area contributed by atoms with Gasteiger partial charge in [0.2, 0.25) is 5.78 Å². The Kier molecular flexibility index (Phi) is 4.32. The summed E-state index contributed by atoms with van der Waals surface area (Å²) in [6, 6.07) is 0. The molecule has 0 aliphatic heterocycles. The van der Waals surface area contributed by atoms with Crippen LogP contribution in [0.3, 0.4) is 0 Å². The van der Waals surface area contributed by atoms with E-state index in [9.17, 15) is 14.7 Å². The summed E-state index contributed by atoms with van der Waals surface area (Å²) in [5.74, 6) is 1.49. The molecule has 0 saturated heterocycles. The number of carbonyl (C=O) groups excluding carboxylic acids is 2. The third-order valence-electron chi connectivity index (χ3n) is 8.42. The summed E-state index contributed by atoms with van der Waals surface area (Å²) in [4.78, 5) is 24.0. The van der Waals surface area contributed by atoms with Crippen LogP contribution in [0.5, 0.6) is 0 Å². The first kappa shape index (κ1) is 18.8. The number of aliphatic hydroxyl groups is 1. The van der Waals surface area contributed by atoms with Gasteiger partial charge in [0.1, 0.15) is 6.10 Å². The molecule has 3 saturated carbocycles.